The Balaban J connectivity index is 1.69. The molecule has 2 heterocycles. The number of nitrogens with zero attached hydrogens (tertiary/aromatic N) is 2. The molecule has 2 aromatic heterocycles. The third-order valence-corrected chi connectivity index (χ3v) is 5.22. The zero-order valence-electron chi connectivity index (χ0n) is 14.4. The van der Waals surface area contributed by atoms with Crippen LogP contribution in [0.4, 0.5) is 0 Å². The van der Waals surface area contributed by atoms with Gasteiger partial charge in [-0.15, -0.1) is 11.3 Å². The van der Waals surface area contributed by atoms with E-state index in [2.05, 4.69) is 28.1 Å². The molecule has 1 atom stereocenters. The van der Waals surface area contributed by atoms with Gasteiger partial charge in [0.15, 0.2) is 0 Å². The first-order chi connectivity index (χ1) is 12.7. The number of para-hydroxylation sites is 2. The molecule has 0 aliphatic heterocycles. The lowest BCUT2D eigenvalue weighted by Gasteiger charge is -2.16. The summed E-state index contributed by atoms with van der Waals surface area (Å²) in [6.45, 7) is 2.70. The number of fused-ring (bicyclic) bond motifs is 1. The van der Waals surface area contributed by atoms with Gasteiger partial charge in [0.2, 0.25) is 0 Å². The van der Waals surface area contributed by atoms with Gasteiger partial charge < -0.3 is 9.88 Å². The van der Waals surface area contributed by atoms with E-state index in [9.17, 15) is 4.79 Å². The Kier molecular flexibility index (Phi) is 4.54. The normalized spacial score (nSPS) is 12.2. The van der Waals surface area contributed by atoms with Crippen LogP contribution in [-0.2, 0) is 6.54 Å². The summed E-state index contributed by atoms with van der Waals surface area (Å²) in [6.07, 6.45) is 0. The highest BCUT2D eigenvalue weighted by Crippen LogP contribution is 2.23. The van der Waals surface area contributed by atoms with E-state index in [4.69, 9.17) is 4.98 Å². The number of thiophene rings is 1. The standard InChI is InChI=1S/C21H19N3OS/c1-15(22-21(25)19-12-7-13-26-19)20-23-17-10-5-6-11-18(17)24(20)14-16-8-3-2-4-9-16/h2-13,15H,14H2,1H3,(H,22,25)/t15-/m0/s1. The highest BCUT2D eigenvalue weighted by atomic mass is 32.1. The molecule has 4 aromatic rings. The summed E-state index contributed by atoms with van der Waals surface area (Å²) in [5.74, 6) is 0.797. The molecular weight excluding hydrogens is 342 g/mol. The second kappa shape index (κ2) is 7.14. The lowest BCUT2D eigenvalue weighted by atomic mass is 10.2. The average molecular weight is 361 g/mol. The molecule has 0 saturated carbocycles. The van der Waals surface area contributed by atoms with Crippen LogP contribution in [0.3, 0.4) is 0 Å². The number of carbonyl (C=O) groups is 1. The van der Waals surface area contributed by atoms with Crippen molar-refractivity contribution in [3.05, 3.63) is 88.4 Å². The second-order valence-electron chi connectivity index (χ2n) is 6.20. The molecule has 130 valence electrons. The zero-order valence-corrected chi connectivity index (χ0v) is 15.2. The molecule has 4 nitrogen and oxygen atoms in total. The number of hydrogen-bond acceptors (Lipinski definition) is 3. The highest BCUT2D eigenvalue weighted by molar-refractivity contribution is 7.12. The highest BCUT2D eigenvalue weighted by Gasteiger charge is 2.19. The maximum absolute atomic E-state index is 12.4. The number of benzene rings is 2. The minimum Gasteiger partial charge on any atom is -0.342 e. The van der Waals surface area contributed by atoms with Gasteiger partial charge in [-0.05, 0) is 36.1 Å². The molecule has 2 aromatic carbocycles. The summed E-state index contributed by atoms with van der Waals surface area (Å²) < 4.78 is 2.18. The number of rotatable bonds is 5. The molecule has 4 rings (SSSR count). The first-order valence-electron chi connectivity index (χ1n) is 8.56. The van der Waals surface area contributed by atoms with Crippen LogP contribution in [0.2, 0.25) is 0 Å². The summed E-state index contributed by atoms with van der Waals surface area (Å²) >= 11 is 1.44. The Labute approximate surface area is 156 Å². The van der Waals surface area contributed by atoms with E-state index >= 15 is 0 Å². The summed E-state index contributed by atoms with van der Waals surface area (Å²) in [5.41, 5.74) is 3.22. The van der Waals surface area contributed by atoms with Crippen LogP contribution in [0, 0.1) is 0 Å². The number of hydrogen-bond donors (Lipinski definition) is 1. The van der Waals surface area contributed by atoms with Crippen molar-refractivity contribution in [3.63, 3.8) is 0 Å². The monoisotopic (exact) mass is 361 g/mol. The summed E-state index contributed by atoms with van der Waals surface area (Å²) in [6, 6.07) is 21.9. The lowest BCUT2D eigenvalue weighted by molar-refractivity contribution is 0.0942. The van der Waals surface area contributed by atoms with E-state index in [0.717, 1.165) is 23.4 Å². The van der Waals surface area contributed by atoms with Gasteiger partial charge >= 0.3 is 0 Å². The smallest absolute Gasteiger partial charge is 0.261 e. The van der Waals surface area contributed by atoms with Gasteiger partial charge in [0.05, 0.1) is 22.0 Å². The maximum atomic E-state index is 12.4. The molecule has 26 heavy (non-hydrogen) atoms. The van der Waals surface area contributed by atoms with Gasteiger partial charge in [-0.25, -0.2) is 4.98 Å². The fourth-order valence-electron chi connectivity index (χ4n) is 3.10. The van der Waals surface area contributed by atoms with Crippen molar-refractivity contribution in [2.45, 2.75) is 19.5 Å². The van der Waals surface area contributed by atoms with Crippen molar-refractivity contribution in [1.29, 1.82) is 0 Å². The predicted octanol–water partition coefficient (Wildman–Crippen LogP) is 4.64. The molecular formula is C21H19N3OS. The van der Waals surface area contributed by atoms with Crippen LogP contribution in [0.5, 0.6) is 0 Å². The third kappa shape index (κ3) is 3.26. The molecule has 0 radical (unpaired) electrons. The van der Waals surface area contributed by atoms with Crippen molar-refractivity contribution < 1.29 is 4.79 Å². The van der Waals surface area contributed by atoms with Crippen LogP contribution >= 0.6 is 11.3 Å². The number of aromatic nitrogens is 2. The van der Waals surface area contributed by atoms with E-state index in [0.29, 0.717) is 4.88 Å². The summed E-state index contributed by atoms with van der Waals surface area (Å²) in [7, 11) is 0. The van der Waals surface area contributed by atoms with Gasteiger partial charge in [0.1, 0.15) is 5.82 Å². The van der Waals surface area contributed by atoms with Crippen molar-refractivity contribution in [2.24, 2.45) is 0 Å². The molecule has 1 N–H and O–H groups in total. The molecule has 0 unspecified atom stereocenters. The van der Waals surface area contributed by atoms with Crippen molar-refractivity contribution in [1.82, 2.24) is 14.9 Å². The Bertz CT molecular complexity index is 1020. The van der Waals surface area contributed by atoms with Crippen molar-refractivity contribution in [2.75, 3.05) is 0 Å². The minimum absolute atomic E-state index is 0.0641. The summed E-state index contributed by atoms with van der Waals surface area (Å²) in [4.78, 5) is 17.9. The van der Waals surface area contributed by atoms with E-state index < -0.39 is 0 Å². The first kappa shape index (κ1) is 16.5. The lowest BCUT2D eigenvalue weighted by Crippen LogP contribution is -2.28. The van der Waals surface area contributed by atoms with Gasteiger partial charge in [0, 0.05) is 6.54 Å². The van der Waals surface area contributed by atoms with Crippen LogP contribution in [0.15, 0.2) is 72.1 Å². The van der Waals surface area contributed by atoms with E-state index in [1.807, 2.05) is 60.8 Å². The molecule has 0 fully saturated rings. The third-order valence-electron chi connectivity index (χ3n) is 4.35. The Morgan fingerprint density at radius 1 is 1.08 bits per heavy atom. The first-order valence-corrected chi connectivity index (χ1v) is 9.44. The molecule has 0 spiro atoms. The minimum atomic E-state index is -0.194. The number of nitrogens with one attached hydrogen (secondary N) is 1. The zero-order chi connectivity index (χ0) is 17.9. The molecule has 5 heteroatoms. The number of amides is 1. The van der Waals surface area contributed by atoms with Gasteiger partial charge in [-0.2, -0.15) is 0 Å². The number of imidazole rings is 1. The molecule has 0 aliphatic rings. The van der Waals surface area contributed by atoms with E-state index in [1.54, 1.807) is 0 Å². The van der Waals surface area contributed by atoms with E-state index in [1.165, 1.54) is 16.9 Å². The van der Waals surface area contributed by atoms with Gasteiger partial charge in [-0.3, -0.25) is 4.79 Å². The second-order valence-corrected chi connectivity index (χ2v) is 7.15. The molecule has 1 amide bonds. The van der Waals surface area contributed by atoms with E-state index in [-0.39, 0.29) is 11.9 Å². The summed E-state index contributed by atoms with van der Waals surface area (Å²) in [5, 5.41) is 4.98. The van der Waals surface area contributed by atoms with Crippen molar-refractivity contribution in [3.8, 4) is 0 Å². The van der Waals surface area contributed by atoms with Crippen LogP contribution < -0.4 is 5.32 Å². The molecule has 0 bridgehead atoms. The average Bonchev–Trinajstić information content (AvgIpc) is 3.31. The van der Waals surface area contributed by atoms with Gasteiger partial charge in [0.25, 0.3) is 5.91 Å². The van der Waals surface area contributed by atoms with Crippen LogP contribution in [0.25, 0.3) is 11.0 Å². The Morgan fingerprint density at radius 3 is 2.62 bits per heavy atom. The fourth-order valence-corrected chi connectivity index (χ4v) is 3.72. The topological polar surface area (TPSA) is 46.9 Å². The predicted molar refractivity (Wildman–Crippen MR) is 105 cm³/mol. The SMILES string of the molecule is C[C@H](NC(=O)c1cccs1)c1nc2ccccc2n1Cc1ccccc1. The van der Waals surface area contributed by atoms with Crippen LogP contribution in [0.1, 0.15) is 34.0 Å². The maximum Gasteiger partial charge on any atom is 0.261 e. The molecule has 0 saturated heterocycles. The largest absolute Gasteiger partial charge is 0.342 e. The quantitative estimate of drug-likeness (QED) is 0.563. The number of carbonyl (C=O) groups excluding carboxylic acids is 1. The Hall–Kier alpha value is -2.92. The van der Waals surface area contributed by atoms with Gasteiger partial charge in [-0.1, -0.05) is 48.5 Å². The fraction of sp³-hybridized carbons (Fsp3) is 0.143. The van der Waals surface area contributed by atoms with Crippen LogP contribution in [-0.4, -0.2) is 15.5 Å². The van der Waals surface area contributed by atoms with Crippen molar-refractivity contribution >= 4 is 28.3 Å². The molecule has 0 aliphatic carbocycles. The Morgan fingerprint density at radius 2 is 1.85 bits per heavy atom.